The maximum atomic E-state index is 12.3. The summed E-state index contributed by atoms with van der Waals surface area (Å²) in [6.07, 6.45) is 2.23. The first-order valence-electron chi connectivity index (χ1n) is 7.70. The highest BCUT2D eigenvalue weighted by Crippen LogP contribution is 2.18. The van der Waals surface area contributed by atoms with Gasteiger partial charge in [-0.25, -0.2) is 0 Å². The number of Topliss-reactive ketones (excluding diaryl/α,β-unsaturated/α-hetero) is 1. The van der Waals surface area contributed by atoms with E-state index < -0.39 is 0 Å². The zero-order valence-corrected chi connectivity index (χ0v) is 13.0. The molecule has 0 spiro atoms. The van der Waals surface area contributed by atoms with Crippen molar-refractivity contribution in [3.8, 4) is 5.75 Å². The van der Waals surface area contributed by atoms with Crippen LogP contribution in [0.1, 0.15) is 30.1 Å². The maximum Gasteiger partial charge on any atom is 0.176 e. The van der Waals surface area contributed by atoms with E-state index in [2.05, 4.69) is 4.90 Å². The molecule has 0 unspecified atom stereocenters. The number of methoxy groups -OCH3 is 1. The molecule has 1 aromatic carbocycles. The van der Waals surface area contributed by atoms with E-state index in [0.29, 0.717) is 19.1 Å². The van der Waals surface area contributed by atoms with Gasteiger partial charge in [0, 0.05) is 19.3 Å². The summed E-state index contributed by atoms with van der Waals surface area (Å²) < 4.78 is 10.6. The molecule has 21 heavy (non-hydrogen) atoms. The Hall–Kier alpha value is -1.39. The van der Waals surface area contributed by atoms with Gasteiger partial charge < -0.3 is 9.47 Å². The van der Waals surface area contributed by atoms with Gasteiger partial charge >= 0.3 is 0 Å². The third-order valence-corrected chi connectivity index (χ3v) is 3.96. The maximum absolute atomic E-state index is 12.3. The van der Waals surface area contributed by atoms with E-state index in [0.717, 1.165) is 43.9 Å². The van der Waals surface area contributed by atoms with Gasteiger partial charge in [0.15, 0.2) is 5.78 Å². The topological polar surface area (TPSA) is 38.8 Å². The molecule has 1 aromatic rings. The van der Waals surface area contributed by atoms with Crippen LogP contribution in [0.5, 0.6) is 5.75 Å². The fourth-order valence-corrected chi connectivity index (χ4v) is 2.75. The Morgan fingerprint density at radius 3 is 2.48 bits per heavy atom. The lowest BCUT2D eigenvalue weighted by atomic mass is 9.97. The molecule has 116 valence electrons. The fraction of sp³-hybridized carbons (Fsp3) is 0.588. The van der Waals surface area contributed by atoms with E-state index in [-0.39, 0.29) is 5.78 Å². The molecule has 1 aliphatic heterocycles. The van der Waals surface area contributed by atoms with E-state index in [1.54, 1.807) is 7.11 Å². The molecule has 2 rings (SSSR count). The average molecular weight is 291 g/mol. The van der Waals surface area contributed by atoms with Crippen LogP contribution in [-0.2, 0) is 4.74 Å². The predicted molar refractivity (Wildman–Crippen MR) is 83.0 cm³/mol. The van der Waals surface area contributed by atoms with Crippen LogP contribution in [0.4, 0.5) is 0 Å². The third-order valence-electron chi connectivity index (χ3n) is 3.96. The van der Waals surface area contributed by atoms with Crippen LogP contribution in [-0.4, -0.2) is 50.6 Å². The van der Waals surface area contributed by atoms with Gasteiger partial charge in [0.05, 0.1) is 13.2 Å². The van der Waals surface area contributed by atoms with Crippen molar-refractivity contribution in [2.24, 2.45) is 5.92 Å². The fourth-order valence-electron chi connectivity index (χ4n) is 2.75. The van der Waals surface area contributed by atoms with Crippen LogP contribution in [0.25, 0.3) is 0 Å². The highest BCUT2D eigenvalue weighted by Gasteiger charge is 2.21. The first-order valence-corrected chi connectivity index (χ1v) is 7.70. The van der Waals surface area contributed by atoms with Gasteiger partial charge in [0.25, 0.3) is 0 Å². The molecule has 0 radical (unpaired) electrons. The minimum absolute atomic E-state index is 0.184. The lowest BCUT2D eigenvalue weighted by Gasteiger charge is -2.31. The van der Waals surface area contributed by atoms with Crippen molar-refractivity contribution in [3.05, 3.63) is 29.8 Å². The van der Waals surface area contributed by atoms with Crippen LogP contribution < -0.4 is 4.74 Å². The molecule has 1 saturated heterocycles. The number of rotatable bonds is 7. The lowest BCUT2D eigenvalue weighted by molar-refractivity contribution is 0.0810. The Kier molecular flexibility index (Phi) is 6.21. The summed E-state index contributed by atoms with van der Waals surface area (Å²) in [5.41, 5.74) is 0.762. The van der Waals surface area contributed by atoms with E-state index in [4.69, 9.17) is 9.47 Å². The van der Waals surface area contributed by atoms with Crippen molar-refractivity contribution in [1.29, 1.82) is 0 Å². The molecule has 0 atom stereocenters. The van der Waals surface area contributed by atoms with Crippen molar-refractivity contribution in [3.63, 3.8) is 0 Å². The second-order valence-corrected chi connectivity index (χ2v) is 5.56. The Balaban J connectivity index is 1.81. The number of hydrogen-bond acceptors (Lipinski definition) is 4. The first-order chi connectivity index (χ1) is 10.2. The molecule has 4 heteroatoms. The number of carbonyl (C=O) groups is 1. The monoisotopic (exact) mass is 291 g/mol. The van der Waals surface area contributed by atoms with Crippen LogP contribution in [0, 0.1) is 5.92 Å². The number of likely N-dealkylation sites (tertiary alicyclic amines) is 1. The van der Waals surface area contributed by atoms with Crippen LogP contribution in [0.3, 0.4) is 0 Å². The number of ketones is 1. The molecule has 0 bridgehead atoms. The average Bonchev–Trinajstić information content (AvgIpc) is 2.50. The molecule has 1 aliphatic rings. The van der Waals surface area contributed by atoms with Crippen molar-refractivity contribution in [2.75, 3.05) is 40.0 Å². The molecule has 4 nitrogen and oxygen atoms in total. The zero-order valence-electron chi connectivity index (χ0n) is 13.0. The van der Waals surface area contributed by atoms with Gasteiger partial charge in [-0.1, -0.05) is 0 Å². The zero-order chi connectivity index (χ0) is 15.1. The highest BCUT2D eigenvalue weighted by atomic mass is 16.5. The Morgan fingerprint density at radius 1 is 1.24 bits per heavy atom. The highest BCUT2D eigenvalue weighted by molar-refractivity contribution is 5.97. The SMILES string of the molecule is CCOc1ccc(C(=O)CN2CCC(COC)CC2)cc1. The van der Waals surface area contributed by atoms with E-state index in [1.165, 1.54) is 0 Å². The largest absolute Gasteiger partial charge is 0.494 e. The van der Waals surface area contributed by atoms with Crippen molar-refractivity contribution in [2.45, 2.75) is 19.8 Å². The smallest absolute Gasteiger partial charge is 0.176 e. The summed E-state index contributed by atoms with van der Waals surface area (Å²) in [4.78, 5) is 14.5. The minimum atomic E-state index is 0.184. The number of benzene rings is 1. The molecule has 1 fully saturated rings. The number of piperidine rings is 1. The standard InChI is InChI=1S/C17H25NO3/c1-3-21-16-6-4-15(5-7-16)17(19)12-18-10-8-14(9-11-18)13-20-2/h4-7,14H,3,8-13H2,1-2H3. The van der Waals surface area contributed by atoms with Crippen LogP contribution in [0.15, 0.2) is 24.3 Å². The van der Waals surface area contributed by atoms with Gasteiger partial charge in [0.2, 0.25) is 0 Å². The minimum Gasteiger partial charge on any atom is -0.494 e. The summed E-state index contributed by atoms with van der Waals surface area (Å²) in [7, 11) is 1.75. The molecule has 1 heterocycles. The molecule has 0 N–H and O–H groups in total. The normalized spacial score (nSPS) is 16.9. The van der Waals surface area contributed by atoms with E-state index in [1.807, 2.05) is 31.2 Å². The molecular formula is C17H25NO3. The second kappa shape index (κ2) is 8.15. The summed E-state index contributed by atoms with van der Waals surface area (Å²) in [5, 5.41) is 0. The van der Waals surface area contributed by atoms with Crippen molar-refractivity contribution < 1.29 is 14.3 Å². The summed E-state index contributed by atoms with van der Waals surface area (Å²) >= 11 is 0. The van der Waals surface area contributed by atoms with Crippen LogP contribution >= 0.6 is 0 Å². The van der Waals surface area contributed by atoms with Crippen LogP contribution in [0.2, 0.25) is 0 Å². The Labute approximate surface area is 127 Å². The van der Waals surface area contributed by atoms with Gasteiger partial charge in [-0.15, -0.1) is 0 Å². The number of carbonyl (C=O) groups excluding carboxylic acids is 1. The summed E-state index contributed by atoms with van der Waals surface area (Å²) in [5.74, 6) is 1.64. The van der Waals surface area contributed by atoms with Gasteiger partial charge in [-0.05, 0) is 63.0 Å². The Morgan fingerprint density at radius 2 is 1.90 bits per heavy atom. The van der Waals surface area contributed by atoms with Crippen molar-refractivity contribution >= 4 is 5.78 Å². The lowest BCUT2D eigenvalue weighted by Crippen LogP contribution is -2.38. The van der Waals surface area contributed by atoms with Gasteiger partial charge in [0.1, 0.15) is 5.75 Å². The quantitative estimate of drug-likeness (QED) is 0.724. The van der Waals surface area contributed by atoms with Gasteiger partial charge in [-0.3, -0.25) is 9.69 Å². The molecule has 0 aromatic heterocycles. The molecule has 0 saturated carbocycles. The molecule has 0 amide bonds. The third kappa shape index (κ3) is 4.83. The summed E-state index contributed by atoms with van der Waals surface area (Å²) in [6.45, 7) is 5.90. The summed E-state index contributed by atoms with van der Waals surface area (Å²) in [6, 6.07) is 7.43. The van der Waals surface area contributed by atoms with Crippen molar-refractivity contribution in [1.82, 2.24) is 4.90 Å². The second-order valence-electron chi connectivity index (χ2n) is 5.56. The van der Waals surface area contributed by atoms with E-state index >= 15 is 0 Å². The first kappa shape index (κ1) is 16.0. The molecular weight excluding hydrogens is 266 g/mol. The number of nitrogens with zero attached hydrogens (tertiary/aromatic N) is 1. The number of ether oxygens (including phenoxy) is 2. The van der Waals surface area contributed by atoms with Gasteiger partial charge in [-0.2, -0.15) is 0 Å². The molecule has 0 aliphatic carbocycles. The number of hydrogen-bond donors (Lipinski definition) is 0. The predicted octanol–water partition coefficient (Wildman–Crippen LogP) is 2.63. The Bertz CT molecular complexity index is 436. The van der Waals surface area contributed by atoms with E-state index in [9.17, 15) is 4.79 Å².